The maximum absolute atomic E-state index is 7.07. The average Bonchev–Trinajstić information content (AvgIpc) is 3.54. The van der Waals surface area contributed by atoms with Crippen LogP contribution in [-0.2, 0) is 11.0 Å². The quantitative estimate of drug-likeness (QED) is 0.243. The van der Waals surface area contributed by atoms with Gasteiger partial charge in [-0.2, -0.15) is 0 Å². The summed E-state index contributed by atoms with van der Waals surface area (Å²) in [6, 6.07) is 30.4. The van der Waals surface area contributed by atoms with Gasteiger partial charge in [0.05, 0.1) is 5.56 Å². The number of hydrogen-bond donors (Lipinski definition) is 0. The molecule has 1 aromatic heterocycles. The second-order valence-electron chi connectivity index (χ2n) is 10.0. The van der Waals surface area contributed by atoms with Crippen LogP contribution in [0.3, 0.4) is 0 Å². The molecule has 0 atom stereocenters. The van der Waals surface area contributed by atoms with Gasteiger partial charge in [-0.1, -0.05) is 79.6 Å². The van der Waals surface area contributed by atoms with E-state index in [1.165, 1.54) is 47.9 Å². The first kappa shape index (κ1) is 18.6. The van der Waals surface area contributed by atoms with Crippen molar-refractivity contribution in [3.63, 3.8) is 0 Å². The van der Waals surface area contributed by atoms with Gasteiger partial charge in [0.15, 0.2) is 5.60 Å². The van der Waals surface area contributed by atoms with Crippen LogP contribution in [0.5, 0.6) is 5.75 Å². The Kier molecular flexibility index (Phi) is 3.52. The molecule has 34 heavy (non-hydrogen) atoms. The van der Waals surface area contributed by atoms with Gasteiger partial charge in [0, 0.05) is 27.3 Å². The molecule has 1 fully saturated rings. The fourth-order valence-electron chi connectivity index (χ4n) is 6.99. The minimum atomic E-state index is -0.631. The lowest BCUT2D eigenvalue weighted by molar-refractivity contribution is 0.150. The summed E-state index contributed by atoms with van der Waals surface area (Å²) in [5, 5.41) is 2.28. The molecule has 2 nitrogen and oxygen atoms in total. The predicted molar refractivity (Wildman–Crippen MR) is 136 cm³/mol. The normalized spacial score (nSPS) is 18.7. The molecule has 2 heterocycles. The highest BCUT2D eigenvalue weighted by atomic mass is 16.5. The Morgan fingerprint density at radius 2 is 1.26 bits per heavy atom. The largest absolute Gasteiger partial charge is 0.473 e. The Hall–Kier alpha value is -3.78. The number of ether oxygens (including phenoxy) is 1. The van der Waals surface area contributed by atoms with Crippen molar-refractivity contribution >= 4 is 28.0 Å². The van der Waals surface area contributed by atoms with Crippen molar-refractivity contribution < 1.29 is 9.15 Å². The summed E-state index contributed by atoms with van der Waals surface area (Å²) in [6.07, 6.45) is 9.46. The molecule has 0 radical (unpaired) electrons. The minimum Gasteiger partial charge on any atom is -0.473 e. The van der Waals surface area contributed by atoms with Crippen LogP contribution in [0.15, 0.2) is 95.4 Å². The first-order valence-electron chi connectivity index (χ1n) is 12.3. The van der Waals surface area contributed by atoms with Gasteiger partial charge in [0.25, 0.3) is 0 Å². The van der Waals surface area contributed by atoms with Crippen molar-refractivity contribution in [3.05, 3.63) is 119 Å². The minimum absolute atomic E-state index is 0.0958. The van der Waals surface area contributed by atoms with Crippen LogP contribution < -0.4 is 4.74 Å². The van der Waals surface area contributed by atoms with Gasteiger partial charge in [-0.05, 0) is 54.3 Å². The maximum Gasteiger partial charge on any atom is 0.178 e. The van der Waals surface area contributed by atoms with Gasteiger partial charge in [-0.3, -0.25) is 0 Å². The summed E-state index contributed by atoms with van der Waals surface area (Å²) in [6.45, 7) is 0. The summed E-state index contributed by atoms with van der Waals surface area (Å²) in [5.41, 5.74) is 7.73. The number of rotatable bonds is 0. The van der Waals surface area contributed by atoms with Crippen LogP contribution in [0.4, 0.5) is 0 Å². The Morgan fingerprint density at radius 3 is 2.00 bits per heavy atom. The first-order chi connectivity index (χ1) is 16.8. The zero-order chi connectivity index (χ0) is 22.3. The summed E-state index contributed by atoms with van der Waals surface area (Å²) in [7, 11) is 0. The van der Waals surface area contributed by atoms with Crippen molar-refractivity contribution in [2.75, 3.05) is 0 Å². The lowest BCUT2D eigenvalue weighted by atomic mass is 9.60. The highest BCUT2D eigenvalue weighted by Gasteiger charge is 2.52. The topological polar surface area (TPSA) is 22.4 Å². The number of para-hydroxylation sites is 1. The van der Waals surface area contributed by atoms with E-state index in [4.69, 9.17) is 9.15 Å². The molecule has 4 aromatic carbocycles. The maximum atomic E-state index is 7.07. The molecule has 0 unspecified atom stereocenters. The Labute approximate surface area is 198 Å². The molecule has 2 heteroatoms. The average molecular weight is 441 g/mol. The molecule has 0 bridgehead atoms. The lowest BCUT2D eigenvalue weighted by Gasteiger charge is -2.48. The van der Waals surface area contributed by atoms with Crippen LogP contribution in [0.2, 0.25) is 0 Å². The molecule has 2 spiro atoms. The lowest BCUT2D eigenvalue weighted by Crippen LogP contribution is -2.44. The van der Waals surface area contributed by atoms with Crippen LogP contribution in [0.25, 0.3) is 28.0 Å². The molecule has 1 saturated carbocycles. The SMILES string of the molecule is C1=CC2(Oc3ccc4c(oc5ccccc54)c31)c1ccccc1C1(CCCC1)c1ccccc12. The monoisotopic (exact) mass is 440 g/mol. The van der Waals surface area contributed by atoms with Crippen LogP contribution in [0, 0.1) is 0 Å². The van der Waals surface area contributed by atoms with Gasteiger partial charge in [0.1, 0.15) is 16.9 Å². The Bertz CT molecular complexity index is 1600. The van der Waals surface area contributed by atoms with E-state index in [9.17, 15) is 0 Å². The number of benzene rings is 4. The molecule has 0 N–H and O–H groups in total. The number of fused-ring (bicyclic) bond motifs is 11. The van der Waals surface area contributed by atoms with E-state index in [0.29, 0.717) is 0 Å². The highest BCUT2D eigenvalue weighted by molar-refractivity contribution is 6.08. The van der Waals surface area contributed by atoms with E-state index >= 15 is 0 Å². The van der Waals surface area contributed by atoms with Crippen molar-refractivity contribution in [1.82, 2.24) is 0 Å². The molecule has 8 rings (SSSR count). The number of furan rings is 1. The van der Waals surface area contributed by atoms with E-state index in [2.05, 4.69) is 84.9 Å². The van der Waals surface area contributed by atoms with Gasteiger partial charge < -0.3 is 9.15 Å². The van der Waals surface area contributed by atoms with E-state index in [-0.39, 0.29) is 5.41 Å². The number of hydrogen-bond acceptors (Lipinski definition) is 2. The van der Waals surface area contributed by atoms with Gasteiger partial charge in [0.2, 0.25) is 0 Å². The standard InChI is InChI=1S/C32H24O2/c1-6-14-28-21(9-1)22-15-16-29-23(30(22)33-28)17-20-32(34-29)26-12-4-2-10-24(26)31(18-7-8-19-31)25-11-3-5-13-27(25)32/h1-6,9-17,20H,7-8,18-19H2. The molecule has 5 aromatic rings. The zero-order valence-electron chi connectivity index (χ0n) is 18.9. The van der Waals surface area contributed by atoms with Crippen molar-refractivity contribution in [1.29, 1.82) is 0 Å². The fraction of sp³-hybridized carbons (Fsp3) is 0.188. The van der Waals surface area contributed by atoms with E-state index in [1.54, 1.807) is 0 Å². The van der Waals surface area contributed by atoms with Crippen molar-refractivity contribution in [3.8, 4) is 5.75 Å². The summed E-state index contributed by atoms with van der Waals surface area (Å²) in [4.78, 5) is 0. The predicted octanol–water partition coefficient (Wildman–Crippen LogP) is 8.11. The van der Waals surface area contributed by atoms with Gasteiger partial charge in [-0.25, -0.2) is 0 Å². The molecule has 0 amide bonds. The Balaban J connectivity index is 1.40. The Morgan fingerprint density at radius 1 is 0.618 bits per heavy atom. The van der Waals surface area contributed by atoms with Crippen LogP contribution in [0.1, 0.15) is 53.5 Å². The molecule has 3 aliphatic rings. The molecule has 0 saturated heterocycles. The second kappa shape index (κ2) is 6.42. The smallest absolute Gasteiger partial charge is 0.178 e. The van der Waals surface area contributed by atoms with E-state index in [1.807, 2.05) is 12.1 Å². The summed E-state index contributed by atoms with van der Waals surface area (Å²) >= 11 is 0. The molecule has 164 valence electrons. The van der Waals surface area contributed by atoms with Crippen LogP contribution >= 0.6 is 0 Å². The van der Waals surface area contributed by atoms with E-state index in [0.717, 1.165) is 33.3 Å². The second-order valence-corrected chi connectivity index (χ2v) is 10.0. The molecular formula is C32H24O2. The van der Waals surface area contributed by atoms with Crippen LogP contribution in [-0.4, -0.2) is 0 Å². The molecule has 2 aliphatic carbocycles. The highest BCUT2D eigenvalue weighted by Crippen LogP contribution is 2.58. The third-order valence-electron chi connectivity index (χ3n) is 8.44. The fourth-order valence-corrected chi connectivity index (χ4v) is 6.99. The van der Waals surface area contributed by atoms with Gasteiger partial charge in [-0.15, -0.1) is 0 Å². The third-order valence-corrected chi connectivity index (χ3v) is 8.44. The van der Waals surface area contributed by atoms with E-state index < -0.39 is 5.60 Å². The zero-order valence-corrected chi connectivity index (χ0v) is 18.9. The van der Waals surface area contributed by atoms with Gasteiger partial charge >= 0.3 is 0 Å². The van der Waals surface area contributed by atoms with Crippen molar-refractivity contribution in [2.24, 2.45) is 0 Å². The van der Waals surface area contributed by atoms with Crippen molar-refractivity contribution in [2.45, 2.75) is 36.7 Å². The summed E-state index contributed by atoms with van der Waals surface area (Å²) < 4.78 is 13.4. The first-order valence-corrected chi connectivity index (χ1v) is 12.3. The third kappa shape index (κ3) is 2.17. The molecular weight excluding hydrogens is 416 g/mol. The summed E-state index contributed by atoms with van der Waals surface area (Å²) in [5.74, 6) is 0.876. The molecule has 1 aliphatic heterocycles.